The summed E-state index contributed by atoms with van der Waals surface area (Å²) in [5.74, 6) is 0. The zero-order valence-electron chi connectivity index (χ0n) is 13.1. The fourth-order valence-corrected chi connectivity index (χ4v) is 4.03. The van der Waals surface area contributed by atoms with Gasteiger partial charge in [-0.3, -0.25) is 0 Å². The number of nitrogens with one attached hydrogen (secondary N) is 1. The number of aliphatic hydroxyl groups excluding tert-OH is 1. The first-order valence-electron chi connectivity index (χ1n) is 7.57. The third kappa shape index (κ3) is 4.47. The quantitative estimate of drug-likeness (QED) is 0.756. The average molecular weight is 303 g/mol. The number of aliphatic hydroxyl groups is 1. The van der Waals surface area contributed by atoms with E-state index in [4.69, 9.17) is 0 Å². The number of fused-ring (bicyclic) bond motifs is 1. The van der Waals surface area contributed by atoms with Gasteiger partial charge in [0.1, 0.15) is 0 Å². The Balaban J connectivity index is 2.05. The van der Waals surface area contributed by atoms with E-state index < -0.39 is 0 Å². The third-order valence-electron chi connectivity index (χ3n) is 3.75. The van der Waals surface area contributed by atoms with Crippen molar-refractivity contribution in [3.8, 4) is 0 Å². The van der Waals surface area contributed by atoms with Gasteiger partial charge in [-0.15, -0.1) is 11.8 Å². The lowest BCUT2D eigenvalue weighted by Crippen LogP contribution is -2.47. The molecule has 114 valence electrons. The molecule has 0 aliphatic carbocycles. The van der Waals surface area contributed by atoms with Crippen LogP contribution in [-0.4, -0.2) is 29.0 Å². The standard InChI is InChI=1S/C18H25NOS/c1-4-19-18(3,13-20)12-14(2)21-17-10-9-15-7-5-6-8-16(15)11-17/h5-11,14,19-20H,4,12-13H2,1-3H3. The van der Waals surface area contributed by atoms with E-state index in [9.17, 15) is 5.11 Å². The van der Waals surface area contributed by atoms with Gasteiger partial charge in [0, 0.05) is 15.7 Å². The van der Waals surface area contributed by atoms with E-state index in [1.54, 1.807) is 0 Å². The summed E-state index contributed by atoms with van der Waals surface area (Å²) in [6, 6.07) is 15.1. The first kappa shape index (κ1) is 16.3. The van der Waals surface area contributed by atoms with E-state index in [2.05, 4.69) is 68.6 Å². The van der Waals surface area contributed by atoms with E-state index in [1.807, 2.05) is 11.8 Å². The molecule has 2 nitrogen and oxygen atoms in total. The highest BCUT2D eigenvalue weighted by Crippen LogP contribution is 2.30. The minimum Gasteiger partial charge on any atom is -0.394 e. The maximum Gasteiger partial charge on any atom is 0.0611 e. The van der Waals surface area contributed by atoms with E-state index in [1.165, 1.54) is 15.7 Å². The predicted octanol–water partition coefficient (Wildman–Crippen LogP) is 4.07. The lowest BCUT2D eigenvalue weighted by Gasteiger charge is -2.31. The summed E-state index contributed by atoms with van der Waals surface area (Å²) < 4.78 is 0. The Morgan fingerprint density at radius 3 is 2.57 bits per heavy atom. The molecule has 2 atom stereocenters. The van der Waals surface area contributed by atoms with Gasteiger partial charge in [-0.25, -0.2) is 0 Å². The number of likely N-dealkylation sites (N-methyl/N-ethyl adjacent to an activating group) is 1. The van der Waals surface area contributed by atoms with Crippen molar-refractivity contribution < 1.29 is 5.11 Å². The Kier molecular flexibility index (Phi) is 5.68. The van der Waals surface area contributed by atoms with Crippen LogP contribution in [0.5, 0.6) is 0 Å². The monoisotopic (exact) mass is 303 g/mol. The van der Waals surface area contributed by atoms with Crippen molar-refractivity contribution in [1.82, 2.24) is 5.32 Å². The maximum atomic E-state index is 9.60. The molecular weight excluding hydrogens is 278 g/mol. The van der Waals surface area contributed by atoms with Gasteiger partial charge in [-0.05, 0) is 42.8 Å². The van der Waals surface area contributed by atoms with Crippen LogP contribution < -0.4 is 5.32 Å². The second-order valence-corrected chi connectivity index (χ2v) is 7.40. The Morgan fingerprint density at radius 1 is 1.19 bits per heavy atom. The zero-order chi connectivity index (χ0) is 15.3. The summed E-state index contributed by atoms with van der Waals surface area (Å²) in [5.41, 5.74) is -0.196. The minimum atomic E-state index is -0.196. The van der Waals surface area contributed by atoms with Gasteiger partial charge < -0.3 is 10.4 Å². The highest BCUT2D eigenvalue weighted by Gasteiger charge is 2.25. The van der Waals surface area contributed by atoms with Crippen molar-refractivity contribution in [2.75, 3.05) is 13.2 Å². The van der Waals surface area contributed by atoms with E-state index >= 15 is 0 Å². The van der Waals surface area contributed by atoms with E-state index in [-0.39, 0.29) is 12.1 Å². The summed E-state index contributed by atoms with van der Waals surface area (Å²) in [5, 5.41) is 16.0. The van der Waals surface area contributed by atoms with Crippen LogP contribution in [0.3, 0.4) is 0 Å². The number of hydrogen-bond acceptors (Lipinski definition) is 3. The highest BCUT2D eigenvalue weighted by molar-refractivity contribution is 8.00. The molecule has 2 unspecified atom stereocenters. The largest absolute Gasteiger partial charge is 0.394 e. The van der Waals surface area contributed by atoms with Crippen molar-refractivity contribution in [1.29, 1.82) is 0 Å². The van der Waals surface area contributed by atoms with Crippen LogP contribution in [0, 0.1) is 0 Å². The molecule has 0 spiro atoms. The minimum absolute atomic E-state index is 0.170. The normalized spacial score (nSPS) is 15.8. The molecule has 2 aromatic carbocycles. The van der Waals surface area contributed by atoms with E-state index in [0.29, 0.717) is 5.25 Å². The van der Waals surface area contributed by atoms with Gasteiger partial charge in [0.05, 0.1) is 6.61 Å². The first-order chi connectivity index (χ1) is 10.1. The fourth-order valence-electron chi connectivity index (χ4n) is 2.77. The second kappa shape index (κ2) is 7.30. The molecule has 0 radical (unpaired) electrons. The van der Waals surface area contributed by atoms with Gasteiger partial charge in [0.25, 0.3) is 0 Å². The summed E-state index contributed by atoms with van der Waals surface area (Å²) in [6.45, 7) is 7.45. The Bertz CT molecular complexity index is 586. The van der Waals surface area contributed by atoms with Crippen LogP contribution in [0.1, 0.15) is 27.2 Å². The molecular formula is C18H25NOS. The van der Waals surface area contributed by atoms with Gasteiger partial charge in [0.2, 0.25) is 0 Å². The number of rotatable bonds is 7. The molecule has 0 aliphatic rings. The Morgan fingerprint density at radius 2 is 1.90 bits per heavy atom. The third-order valence-corrected chi connectivity index (χ3v) is 4.84. The molecule has 0 amide bonds. The van der Waals surface area contributed by atoms with Crippen LogP contribution in [0.15, 0.2) is 47.4 Å². The van der Waals surface area contributed by atoms with Crippen LogP contribution in [0.2, 0.25) is 0 Å². The topological polar surface area (TPSA) is 32.3 Å². The zero-order valence-corrected chi connectivity index (χ0v) is 13.9. The van der Waals surface area contributed by atoms with Gasteiger partial charge in [-0.2, -0.15) is 0 Å². The predicted molar refractivity (Wildman–Crippen MR) is 93.1 cm³/mol. The van der Waals surface area contributed by atoms with Crippen LogP contribution in [-0.2, 0) is 0 Å². The summed E-state index contributed by atoms with van der Waals surface area (Å²) in [6.07, 6.45) is 0.939. The molecule has 0 fully saturated rings. The fraction of sp³-hybridized carbons (Fsp3) is 0.444. The smallest absolute Gasteiger partial charge is 0.0611 e. The summed E-state index contributed by atoms with van der Waals surface area (Å²) in [7, 11) is 0. The number of thioether (sulfide) groups is 1. The number of benzene rings is 2. The molecule has 2 N–H and O–H groups in total. The Hall–Kier alpha value is -1.03. The summed E-state index contributed by atoms with van der Waals surface area (Å²) in [4.78, 5) is 1.29. The van der Waals surface area contributed by atoms with Gasteiger partial charge >= 0.3 is 0 Å². The lowest BCUT2D eigenvalue weighted by atomic mass is 9.97. The average Bonchev–Trinajstić information content (AvgIpc) is 2.47. The molecule has 2 aromatic rings. The molecule has 2 rings (SSSR count). The number of hydrogen-bond donors (Lipinski definition) is 2. The second-order valence-electron chi connectivity index (χ2n) is 5.89. The SMILES string of the molecule is CCNC(C)(CO)CC(C)Sc1ccc2ccccc2c1. The van der Waals surface area contributed by atoms with Crippen molar-refractivity contribution in [3.05, 3.63) is 42.5 Å². The van der Waals surface area contributed by atoms with Crippen LogP contribution in [0.4, 0.5) is 0 Å². The van der Waals surface area contributed by atoms with E-state index in [0.717, 1.165) is 13.0 Å². The first-order valence-corrected chi connectivity index (χ1v) is 8.45. The van der Waals surface area contributed by atoms with Crippen molar-refractivity contribution in [2.24, 2.45) is 0 Å². The van der Waals surface area contributed by atoms with Crippen molar-refractivity contribution >= 4 is 22.5 Å². The molecule has 0 saturated heterocycles. The highest BCUT2D eigenvalue weighted by atomic mass is 32.2. The van der Waals surface area contributed by atoms with Gasteiger partial charge in [0.15, 0.2) is 0 Å². The van der Waals surface area contributed by atoms with Crippen LogP contribution >= 0.6 is 11.8 Å². The molecule has 0 saturated carbocycles. The molecule has 0 heterocycles. The Labute approximate surface area is 131 Å². The van der Waals surface area contributed by atoms with Crippen LogP contribution in [0.25, 0.3) is 10.8 Å². The van der Waals surface area contributed by atoms with Crippen molar-refractivity contribution in [3.63, 3.8) is 0 Å². The molecule has 0 aromatic heterocycles. The maximum absolute atomic E-state index is 9.60. The molecule has 3 heteroatoms. The lowest BCUT2D eigenvalue weighted by molar-refractivity contribution is 0.168. The van der Waals surface area contributed by atoms with Crippen molar-refractivity contribution in [2.45, 2.75) is 42.9 Å². The summed E-state index contributed by atoms with van der Waals surface area (Å²) >= 11 is 1.88. The van der Waals surface area contributed by atoms with Gasteiger partial charge in [-0.1, -0.05) is 44.2 Å². The molecule has 0 bridgehead atoms. The molecule has 0 aliphatic heterocycles. The molecule has 21 heavy (non-hydrogen) atoms.